The third-order valence-corrected chi connectivity index (χ3v) is 3.40. The predicted molar refractivity (Wildman–Crippen MR) is 71.6 cm³/mol. The standard InChI is InChI=1S/C14H12N4O2/c19-14(12-8-13(20-17-12)9-1-2-9)16-10-4-6-18-11(7-10)3-5-15-18/h3-9H,1-2H2,(H,16,19). The van der Waals surface area contributed by atoms with E-state index in [9.17, 15) is 4.79 Å². The highest BCUT2D eigenvalue weighted by Crippen LogP contribution is 2.40. The normalized spacial score (nSPS) is 14.6. The number of pyridine rings is 1. The van der Waals surface area contributed by atoms with Gasteiger partial charge in [0.05, 0.1) is 5.52 Å². The van der Waals surface area contributed by atoms with Crippen molar-refractivity contribution in [2.75, 3.05) is 5.32 Å². The fraction of sp³-hybridized carbons (Fsp3) is 0.214. The molecule has 0 saturated heterocycles. The summed E-state index contributed by atoms with van der Waals surface area (Å²) >= 11 is 0. The molecule has 1 saturated carbocycles. The maximum absolute atomic E-state index is 12.1. The van der Waals surface area contributed by atoms with Gasteiger partial charge in [-0.15, -0.1) is 0 Å². The molecule has 0 unspecified atom stereocenters. The average molecular weight is 268 g/mol. The Kier molecular flexibility index (Phi) is 2.35. The Morgan fingerprint density at radius 1 is 1.35 bits per heavy atom. The van der Waals surface area contributed by atoms with Crippen LogP contribution in [0.5, 0.6) is 0 Å². The molecule has 100 valence electrons. The van der Waals surface area contributed by atoms with Crippen molar-refractivity contribution in [1.29, 1.82) is 0 Å². The number of nitrogens with zero attached hydrogens (tertiary/aromatic N) is 3. The number of carbonyl (C=O) groups is 1. The molecule has 0 atom stereocenters. The van der Waals surface area contributed by atoms with Gasteiger partial charge >= 0.3 is 0 Å². The Morgan fingerprint density at radius 3 is 3.10 bits per heavy atom. The van der Waals surface area contributed by atoms with Gasteiger partial charge in [-0.25, -0.2) is 4.52 Å². The fourth-order valence-corrected chi connectivity index (χ4v) is 2.15. The smallest absolute Gasteiger partial charge is 0.277 e. The zero-order chi connectivity index (χ0) is 13.5. The number of amides is 1. The van der Waals surface area contributed by atoms with E-state index < -0.39 is 0 Å². The zero-order valence-corrected chi connectivity index (χ0v) is 10.6. The van der Waals surface area contributed by atoms with Crippen molar-refractivity contribution >= 4 is 17.1 Å². The highest BCUT2D eigenvalue weighted by Gasteiger charge is 2.28. The van der Waals surface area contributed by atoms with Gasteiger partial charge < -0.3 is 9.84 Å². The lowest BCUT2D eigenvalue weighted by Crippen LogP contribution is -2.12. The molecule has 1 fully saturated rings. The fourth-order valence-electron chi connectivity index (χ4n) is 2.15. The van der Waals surface area contributed by atoms with Crippen LogP contribution in [-0.4, -0.2) is 20.7 Å². The lowest BCUT2D eigenvalue weighted by molar-refractivity contribution is 0.101. The first-order chi connectivity index (χ1) is 9.79. The summed E-state index contributed by atoms with van der Waals surface area (Å²) in [7, 11) is 0. The summed E-state index contributed by atoms with van der Waals surface area (Å²) < 4.78 is 6.91. The third-order valence-electron chi connectivity index (χ3n) is 3.40. The van der Waals surface area contributed by atoms with Crippen LogP contribution in [0.15, 0.2) is 41.2 Å². The molecule has 20 heavy (non-hydrogen) atoms. The summed E-state index contributed by atoms with van der Waals surface area (Å²) in [5.74, 6) is 0.998. The van der Waals surface area contributed by atoms with E-state index >= 15 is 0 Å². The molecule has 3 aromatic heterocycles. The van der Waals surface area contributed by atoms with Crippen molar-refractivity contribution in [3.05, 3.63) is 48.1 Å². The van der Waals surface area contributed by atoms with Crippen molar-refractivity contribution in [3.63, 3.8) is 0 Å². The molecule has 0 bridgehead atoms. The van der Waals surface area contributed by atoms with E-state index in [0.717, 1.165) is 24.1 Å². The monoisotopic (exact) mass is 268 g/mol. The number of aromatic nitrogens is 3. The lowest BCUT2D eigenvalue weighted by atomic mass is 10.2. The largest absolute Gasteiger partial charge is 0.360 e. The molecule has 0 aliphatic heterocycles. The van der Waals surface area contributed by atoms with E-state index in [1.807, 2.05) is 12.1 Å². The number of hydrogen-bond donors (Lipinski definition) is 1. The quantitative estimate of drug-likeness (QED) is 0.792. The minimum atomic E-state index is -0.260. The summed E-state index contributed by atoms with van der Waals surface area (Å²) in [6.07, 6.45) is 5.74. The molecule has 0 spiro atoms. The second kappa shape index (κ2) is 4.19. The number of carbonyl (C=O) groups excluding carboxylic acids is 1. The summed E-state index contributed by atoms with van der Waals surface area (Å²) in [4.78, 5) is 12.1. The summed E-state index contributed by atoms with van der Waals surface area (Å²) in [6, 6.07) is 7.24. The van der Waals surface area contributed by atoms with Crippen LogP contribution >= 0.6 is 0 Å². The van der Waals surface area contributed by atoms with E-state index in [4.69, 9.17) is 4.52 Å². The highest BCUT2D eigenvalue weighted by atomic mass is 16.5. The molecule has 3 heterocycles. The Bertz CT molecular complexity index is 785. The molecule has 6 heteroatoms. The Balaban J connectivity index is 1.55. The van der Waals surface area contributed by atoms with Gasteiger partial charge in [0.25, 0.3) is 5.91 Å². The molecule has 4 rings (SSSR count). The van der Waals surface area contributed by atoms with Crippen LogP contribution < -0.4 is 5.32 Å². The zero-order valence-electron chi connectivity index (χ0n) is 10.6. The third kappa shape index (κ3) is 1.95. The number of nitrogens with one attached hydrogen (secondary N) is 1. The summed E-state index contributed by atoms with van der Waals surface area (Å²) in [5, 5.41) is 10.7. The number of fused-ring (bicyclic) bond motifs is 1. The van der Waals surface area contributed by atoms with E-state index in [1.54, 1.807) is 29.0 Å². The van der Waals surface area contributed by atoms with Crippen LogP contribution in [0.3, 0.4) is 0 Å². The van der Waals surface area contributed by atoms with Gasteiger partial charge in [0.1, 0.15) is 5.76 Å². The first kappa shape index (κ1) is 11.2. The molecule has 1 aliphatic rings. The van der Waals surface area contributed by atoms with Crippen LogP contribution in [0.25, 0.3) is 5.52 Å². The molecule has 6 nitrogen and oxygen atoms in total. The van der Waals surface area contributed by atoms with Crippen LogP contribution in [0.2, 0.25) is 0 Å². The van der Waals surface area contributed by atoms with E-state index in [2.05, 4.69) is 15.6 Å². The van der Waals surface area contributed by atoms with Gasteiger partial charge in [-0.2, -0.15) is 5.10 Å². The van der Waals surface area contributed by atoms with Crippen molar-refractivity contribution in [3.8, 4) is 0 Å². The minimum absolute atomic E-state index is 0.260. The van der Waals surface area contributed by atoms with Crippen molar-refractivity contribution < 1.29 is 9.32 Å². The second-order valence-corrected chi connectivity index (χ2v) is 4.96. The van der Waals surface area contributed by atoms with Crippen molar-refractivity contribution in [2.45, 2.75) is 18.8 Å². The molecular weight excluding hydrogens is 256 g/mol. The first-order valence-corrected chi connectivity index (χ1v) is 6.51. The van der Waals surface area contributed by atoms with Crippen LogP contribution in [0.1, 0.15) is 35.0 Å². The van der Waals surface area contributed by atoms with Gasteiger partial charge in [-0.3, -0.25) is 4.79 Å². The van der Waals surface area contributed by atoms with E-state index in [0.29, 0.717) is 17.3 Å². The molecule has 0 radical (unpaired) electrons. The van der Waals surface area contributed by atoms with Gasteiger partial charge in [0.15, 0.2) is 5.69 Å². The lowest BCUT2D eigenvalue weighted by Gasteiger charge is -2.03. The number of hydrogen-bond acceptors (Lipinski definition) is 4. The second-order valence-electron chi connectivity index (χ2n) is 4.96. The van der Waals surface area contributed by atoms with Gasteiger partial charge in [0.2, 0.25) is 0 Å². The van der Waals surface area contributed by atoms with Gasteiger partial charge in [-0.1, -0.05) is 5.16 Å². The van der Waals surface area contributed by atoms with E-state index in [1.165, 1.54) is 0 Å². The molecule has 3 aromatic rings. The average Bonchev–Trinajstić information content (AvgIpc) is 3.01. The van der Waals surface area contributed by atoms with Crippen LogP contribution in [-0.2, 0) is 0 Å². The van der Waals surface area contributed by atoms with Gasteiger partial charge in [-0.05, 0) is 31.0 Å². The topological polar surface area (TPSA) is 72.4 Å². The predicted octanol–water partition coefficient (Wildman–Crippen LogP) is 2.45. The van der Waals surface area contributed by atoms with E-state index in [-0.39, 0.29) is 5.91 Å². The molecule has 1 N–H and O–H groups in total. The SMILES string of the molecule is O=C(Nc1ccn2nccc2c1)c1cc(C2CC2)on1. The maximum atomic E-state index is 12.1. The minimum Gasteiger partial charge on any atom is -0.360 e. The van der Waals surface area contributed by atoms with Crippen LogP contribution in [0, 0.1) is 0 Å². The Labute approximate surface area is 114 Å². The maximum Gasteiger partial charge on any atom is 0.277 e. The molecular formula is C14H12N4O2. The van der Waals surface area contributed by atoms with Crippen molar-refractivity contribution in [2.24, 2.45) is 0 Å². The number of rotatable bonds is 3. The van der Waals surface area contributed by atoms with Crippen molar-refractivity contribution in [1.82, 2.24) is 14.8 Å². The Morgan fingerprint density at radius 2 is 2.25 bits per heavy atom. The Hall–Kier alpha value is -2.63. The first-order valence-electron chi connectivity index (χ1n) is 6.51. The van der Waals surface area contributed by atoms with Crippen LogP contribution in [0.4, 0.5) is 5.69 Å². The molecule has 1 aliphatic carbocycles. The highest BCUT2D eigenvalue weighted by molar-refractivity contribution is 6.03. The summed E-state index contributed by atoms with van der Waals surface area (Å²) in [5.41, 5.74) is 1.95. The molecule has 1 amide bonds. The number of anilines is 1. The van der Waals surface area contributed by atoms with Gasteiger partial charge in [0, 0.05) is 30.1 Å². The summed E-state index contributed by atoms with van der Waals surface area (Å²) in [6.45, 7) is 0. The molecule has 0 aromatic carbocycles.